The molecule has 5 nitrogen and oxygen atoms in total. The molecule has 6 heteroatoms. The third kappa shape index (κ3) is 3.44. The average Bonchev–Trinajstić information content (AvgIpc) is 3.24. The van der Waals surface area contributed by atoms with E-state index >= 15 is 0 Å². The van der Waals surface area contributed by atoms with Gasteiger partial charge in [-0.25, -0.2) is 0 Å². The molecule has 0 saturated heterocycles. The molecule has 3 rings (SSSR count). The highest BCUT2D eigenvalue weighted by Gasteiger charge is 2.26. The molecule has 1 aromatic carbocycles. The van der Waals surface area contributed by atoms with Crippen LogP contribution in [0.15, 0.2) is 35.7 Å². The van der Waals surface area contributed by atoms with Crippen molar-refractivity contribution in [1.29, 1.82) is 0 Å². The Morgan fingerprint density at radius 1 is 1.38 bits per heavy atom. The van der Waals surface area contributed by atoms with Crippen molar-refractivity contribution < 1.29 is 9.53 Å². The molecule has 1 aromatic heterocycles. The van der Waals surface area contributed by atoms with Crippen molar-refractivity contribution in [3.8, 4) is 5.75 Å². The maximum atomic E-state index is 12.2. The number of thioether (sulfide) groups is 1. The van der Waals surface area contributed by atoms with Gasteiger partial charge in [-0.1, -0.05) is 11.8 Å². The zero-order chi connectivity index (χ0) is 14.7. The van der Waals surface area contributed by atoms with Crippen LogP contribution in [-0.4, -0.2) is 32.9 Å². The van der Waals surface area contributed by atoms with Crippen molar-refractivity contribution >= 4 is 17.5 Å². The lowest BCUT2D eigenvalue weighted by atomic mass is 10.1. The number of nitrogens with zero attached hydrogens (tertiary/aromatic N) is 3. The number of hydrogen-bond acceptors (Lipinski definition) is 5. The minimum atomic E-state index is 0.0911. The Hall–Kier alpha value is -1.82. The largest absolute Gasteiger partial charge is 0.494 e. The fraction of sp³-hybridized carbons (Fsp3) is 0.400. The van der Waals surface area contributed by atoms with E-state index in [-0.39, 0.29) is 5.78 Å². The van der Waals surface area contributed by atoms with E-state index in [1.807, 2.05) is 19.1 Å². The third-order valence-corrected chi connectivity index (χ3v) is 4.26. The van der Waals surface area contributed by atoms with Gasteiger partial charge in [-0.3, -0.25) is 4.79 Å². The summed E-state index contributed by atoms with van der Waals surface area (Å²) in [6.07, 6.45) is 4.11. The van der Waals surface area contributed by atoms with Crippen LogP contribution in [-0.2, 0) is 0 Å². The minimum absolute atomic E-state index is 0.0911. The highest BCUT2D eigenvalue weighted by atomic mass is 32.2. The first kappa shape index (κ1) is 14.1. The second kappa shape index (κ2) is 6.30. The molecule has 0 amide bonds. The van der Waals surface area contributed by atoms with Gasteiger partial charge in [-0.2, -0.15) is 0 Å². The molecule has 0 aliphatic heterocycles. The summed E-state index contributed by atoms with van der Waals surface area (Å²) in [5.74, 6) is 1.25. The van der Waals surface area contributed by atoms with E-state index in [0.717, 1.165) is 10.9 Å². The lowest BCUT2D eigenvalue weighted by Gasteiger charge is -2.05. The van der Waals surface area contributed by atoms with Crippen molar-refractivity contribution in [3.63, 3.8) is 0 Å². The van der Waals surface area contributed by atoms with Gasteiger partial charge >= 0.3 is 0 Å². The maximum Gasteiger partial charge on any atom is 0.191 e. The molecule has 0 spiro atoms. The first-order valence-electron chi connectivity index (χ1n) is 7.06. The Kier molecular flexibility index (Phi) is 4.24. The molecule has 0 bridgehead atoms. The maximum absolute atomic E-state index is 12.2. The summed E-state index contributed by atoms with van der Waals surface area (Å²) in [7, 11) is 0. The fourth-order valence-corrected chi connectivity index (χ4v) is 2.93. The summed E-state index contributed by atoms with van der Waals surface area (Å²) in [5.41, 5.74) is 0.698. The number of benzene rings is 1. The third-order valence-electron chi connectivity index (χ3n) is 3.30. The average molecular weight is 303 g/mol. The number of hydrogen-bond donors (Lipinski definition) is 0. The van der Waals surface area contributed by atoms with Gasteiger partial charge in [0.15, 0.2) is 10.9 Å². The van der Waals surface area contributed by atoms with E-state index in [9.17, 15) is 4.79 Å². The van der Waals surface area contributed by atoms with Gasteiger partial charge in [0.2, 0.25) is 0 Å². The van der Waals surface area contributed by atoms with E-state index in [1.165, 1.54) is 24.6 Å². The van der Waals surface area contributed by atoms with E-state index in [0.29, 0.717) is 24.0 Å². The predicted octanol–water partition coefficient (Wildman–Crippen LogP) is 2.99. The Bertz CT molecular complexity index is 620. The Morgan fingerprint density at radius 2 is 2.14 bits per heavy atom. The van der Waals surface area contributed by atoms with Crippen molar-refractivity contribution in [2.75, 3.05) is 12.4 Å². The summed E-state index contributed by atoms with van der Waals surface area (Å²) >= 11 is 1.45. The molecule has 0 N–H and O–H groups in total. The van der Waals surface area contributed by atoms with Crippen LogP contribution < -0.4 is 4.74 Å². The Balaban J connectivity index is 1.59. The highest BCUT2D eigenvalue weighted by Crippen LogP contribution is 2.37. The summed E-state index contributed by atoms with van der Waals surface area (Å²) in [4.78, 5) is 12.2. The first-order chi connectivity index (χ1) is 10.3. The van der Waals surface area contributed by atoms with Crippen LogP contribution in [0.4, 0.5) is 0 Å². The molecule has 1 aliphatic rings. The molecule has 2 aromatic rings. The number of aromatic nitrogens is 3. The van der Waals surface area contributed by atoms with Crippen LogP contribution in [0.2, 0.25) is 0 Å². The monoisotopic (exact) mass is 303 g/mol. The Labute approximate surface area is 127 Å². The number of Topliss-reactive ketones (excluding diaryl/α,β-unsaturated/α-hetero) is 1. The lowest BCUT2D eigenvalue weighted by Crippen LogP contribution is -2.04. The number of carbonyl (C=O) groups excluding carboxylic acids is 1. The SMILES string of the molecule is CCOc1ccc(C(=O)CSc2nncn2C2CC2)cc1. The van der Waals surface area contributed by atoms with Gasteiger partial charge in [0.1, 0.15) is 12.1 Å². The number of carbonyl (C=O) groups is 1. The molecule has 110 valence electrons. The van der Waals surface area contributed by atoms with Crippen LogP contribution >= 0.6 is 11.8 Å². The zero-order valence-corrected chi connectivity index (χ0v) is 12.7. The molecule has 0 unspecified atom stereocenters. The van der Waals surface area contributed by atoms with Gasteiger partial charge in [0.05, 0.1) is 12.4 Å². The molecule has 1 heterocycles. The number of ketones is 1. The van der Waals surface area contributed by atoms with Crippen LogP contribution in [0, 0.1) is 0 Å². The van der Waals surface area contributed by atoms with Crippen molar-refractivity contribution in [2.24, 2.45) is 0 Å². The summed E-state index contributed by atoms with van der Waals surface area (Å²) in [6, 6.07) is 7.80. The van der Waals surface area contributed by atoms with E-state index in [4.69, 9.17) is 4.74 Å². The number of rotatable bonds is 7. The van der Waals surface area contributed by atoms with E-state index in [2.05, 4.69) is 14.8 Å². The second-order valence-electron chi connectivity index (χ2n) is 4.92. The molecule has 21 heavy (non-hydrogen) atoms. The van der Waals surface area contributed by atoms with Gasteiger partial charge in [-0.15, -0.1) is 10.2 Å². The van der Waals surface area contributed by atoms with Crippen molar-refractivity contribution in [2.45, 2.75) is 31.0 Å². The van der Waals surface area contributed by atoms with Crippen molar-refractivity contribution in [1.82, 2.24) is 14.8 Å². The summed E-state index contributed by atoms with van der Waals surface area (Å²) < 4.78 is 7.44. The smallest absolute Gasteiger partial charge is 0.191 e. The standard InChI is InChI=1S/C15H17N3O2S/c1-2-20-13-7-3-11(4-8-13)14(19)9-21-15-17-16-10-18(15)12-5-6-12/h3-4,7-8,10,12H,2,5-6,9H2,1H3. The fourth-order valence-electron chi connectivity index (χ4n) is 2.06. The molecular weight excluding hydrogens is 286 g/mol. The predicted molar refractivity (Wildman–Crippen MR) is 81.0 cm³/mol. The quantitative estimate of drug-likeness (QED) is 0.581. The molecule has 1 fully saturated rings. The van der Waals surface area contributed by atoms with Crippen LogP contribution in [0.25, 0.3) is 0 Å². The molecule has 1 aliphatic carbocycles. The number of ether oxygens (including phenoxy) is 1. The lowest BCUT2D eigenvalue weighted by molar-refractivity contribution is 0.102. The van der Waals surface area contributed by atoms with Gasteiger partial charge in [0, 0.05) is 11.6 Å². The molecule has 1 saturated carbocycles. The molecular formula is C15H17N3O2S. The minimum Gasteiger partial charge on any atom is -0.494 e. The normalized spacial score (nSPS) is 14.1. The topological polar surface area (TPSA) is 57.0 Å². The van der Waals surface area contributed by atoms with Crippen LogP contribution in [0.3, 0.4) is 0 Å². The van der Waals surface area contributed by atoms with Gasteiger partial charge < -0.3 is 9.30 Å². The van der Waals surface area contributed by atoms with Gasteiger partial charge in [-0.05, 0) is 44.0 Å². The summed E-state index contributed by atoms with van der Waals surface area (Å²) in [6.45, 7) is 2.56. The van der Waals surface area contributed by atoms with Crippen LogP contribution in [0.5, 0.6) is 5.75 Å². The van der Waals surface area contributed by atoms with Gasteiger partial charge in [0.25, 0.3) is 0 Å². The Morgan fingerprint density at radius 3 is 2.81 bits per heavy atom. The second-order valence-corrected chi connectivity index (χ2v) is 5.86. The van der Waals surface area contributed by atoms with Crippen LogP contribution in [0.1, 0.15) is 36.2 Å². The first-order valence-corrected chi connectivity index (χ1v) is 8.05. The zero-order valence-electron chi connectivity index (χ0n) is 11.9. The molecule has 0 radical (unpaired) electrons. The van der Waals surface area contributed by atoms with E-state index < -0.39 is 0 Å². The molecule has 0 atom stereocenters. The highest BCUT2D eigenvalue weighted by molar-refractivity contribution is 7.99. The van der Waals surface area contributed by atoms with Crippen molar-refractivity contribution in [3.05, 3.63) is 36.2 Å². The summed E-state index contributed by atoms with van der Waals surface area (Å²) in [5, 5.41) is 8.85. The van der Waals surface area contributed by atoms with E-state index in [1.54, 1.807) is 18.5 Å².